The molecular formula is C19H18N2O4. The van der Waals surface area contributed by atoms with Crippen LogP contribution in [0.4, 0.5) is 5.69 Å². The molecule has 1 heterocycles. The Morgan fingerprint density at radius 3 is 2.52 bits per heavy atom. The molecule has 1 amide bonds. The zero-order chi connectivity index (χ0) is 17.8. The number of amides is 1. The molecule has 0 saturated carbocycles. The number of aromatic nitrogens is 1. The summed E-state index contributed by atoms with van der Waals surface area (Å²) in [5.74, 6) is 0.980. The molecule has 0 unspecified atom stereocenters. The highest BCUT2D eigenvalue weighted by molar-refractivity contribution is 5.94. The van der Waals surface area contributed by atoms with E-state index in [0.29, 0.717) is 22.6 Å². The Bertz CT molecular complexity index is 961. The first-order valence-electron chi connectivity index (χ1n) is 7.75. The van der Waals surface area contributed by atoms with Gasteiger partial charge in [-0.05, 0) is 49.4 Å². The summed E-state index contributed by atoms with van der Waals surface area (Å²) in [4.78, 5) is 27.2. The van der Waals surface area contributed by atoms with E-state index in [-0.39, 0.29) is 17.9 Å². The number of aromatic amines is 1. The predicted octanol–water partition coefficient (Wildman–Crippen LogP) is 2.86. The molecule has 0 aliphatic heterocycles. The van der Waals surface area contributed by atoms with Gasteiger partial charge in [0.25, 0.3) is 5.91 Å². The summed E-state index contributed by atoms with van der Waals surface area (Å²) >= 11 is 0. The lowest BCUT2D eigenvalue weighted by Crippen LogP contribution is -2.20. The predicted molar refractivity (Wildman–Crippen MR) is 96.4 cm³/mol. The molecule has 6 nitrogen and oxygen atoms in total. The first kappa shape index (κ1) is 16.6. The first-order chi connectivity index (χ1) is 12.0. The lowest BCUT2D eigenvalue weighted by Gasteiger charge is -2.09. The Morgan fingerprint density at radius 1 is 1.08 bits per heavy atom. The summed E-state index contributed by atoms with van der Waals surface area (Å²) in [7, 11) is 1.58. The summed E-state index contributed by atoms with van der Waals surface area (Å²) < 4.78 is 10.5. The van der Waals surface area contributed by atoms with Crippen molar-refractivity contribution in [3.63, 3.8) is 0 Å². The van der Waals surface area contributed by atoms with Crippen LogP contribution in [0.5, 0.6) is 11.5 Å². The summed E-state index contributed by atoms with van der Waals surface area (Å²) in [5, 5.41) is 3.25. The number of hydrogen-bond acceptors (Lipinski definition) is 4. The molecular weight excluding hydrogens is 320 g/mol. The summed E-state index contributed by atoms with van der Waals surface area (Å²) in [6, 6.07) is 13.6. The number of hydrogen-bond donors (Lipinski definition) is 2. The first-order valence-corrected chi connectivity index (χ1v) is 7.75. The van der Waals surface area contributed by atoms with Gasteiger partial charge in [0, 0.05) is 28.4 Å². The zero-order valence-electron chi connectivity index (χ0n) is 14.0. The number of H-pyrrole nitrogens is 1. The maximum absolute atomic E-state index is 12.0. The molecule has 0 aliphatic carbocycles. The van der Waals surface area contributed by atoms with E-state index in [9.17, 15) is 9.59 Å². The highest BCUT2D eigenvalue weighted by Gasteiger charge is 2.06. The normalized spacial score (nSPS) is 10.5. The van der Waals surface area contributed by atoms with Crippen molar-refractivity contribution >= 4 is 22.5 Å². The van der Waals surface area contributed by atoms with Crippen molar-refractivity contribution in [2.24, 2.45) is 0 Å². The number of anilines is 1. The van der Waals surface area contributed by atoms with Gasteiger partial charge in [0.15, 0.2) is 12.0 Å². The van der Waals surface area contributed by atoms with E-state index in [0.717, 1.165) is 11.2 Å². The van der Waals surface area contributed by atoms with Crippen molar-refractivity contribution in [3.05, 3.63) is 64.4 Å². The Hall–Kier alpha value is -3.28. The molecule has 0 spiro atoms. The monoisotopic (exact) mass is 338 g/mol. The van der Waals surface area contributed by atoms with E-state index >= 15 is 0 Å². The molecule has 0 fully saturated rings. The minimum atomic E-state index is -0.307. The standard InChI is InChI=1S/C19H18N2O4/c1-12-9-18(22)16-10-13(3-8-17(16)20-12)21-19(23)11-25-15-6-4-14(24-2)5-7-15/h3-10H,11H2,1-2H3,(H,20,22)(H,21,23). The summed E-state index contributed by atoms with van der Waals surface area (Å²) in [6.45, 7) is 1.70. The average Bonchev–Trinajstić information content (AvgIpc) is 2.61. The highest BCUT2D eigenvalue weighted by atomic mass is 16.5. The van der Waals surface area contributed by atoms with Gasteiger partial charge in [-0.25, -0.2) is 0 Å². The van der Waals surface area contributed by atoms with Gasteiger partial charge < -0.3 is 19.8 Å². The number of pyridine rings is 1. The molecule has 0 bridgehead atoms. The fourth-order valence-corrected chi connectivity index (χ4v) is 2.48. The minimum absolute atomic E-state index is 0.0863. The molecule has 6 heteroatoms. The number of fused-ring (bicyclic) bond motifs is 1. The molecule has 128 valence electrons. The van der Waals surface area contributed by atoms with E-state index in [4.69, 9.17) is 9.47 Å². The van der Waals surface area contributed by atoms with Gasteiger partial charge >= 0.3 is 0 Å². The zero-order valence-corrected chi connectivity index (χ0v) is 14.0. The molecule has 0 atom stereocenters. The van der Waals surface area contributed by atoms with E-state index in [1.807, 2.05) is 6.92 Å². The van der Waals surface area contributed by atoms with Crippen LogP contribution in [0.15, 0.2) is 53.3 Å². The van der Waals surface area contributed by atoms with Crippen LogP contribution in [-0.4, -0.2) is 24.6 Å². The van der Waals surface area contributed by atoms with Crippen LogP contribution in [0.2, 0.25) is 0 Å². The topological polar surface area (TPSA) is 80.4 Å². The number of aryl methyl sites for hydroxylation is 1. The molecule has 2 aromatic carbocycles. The number of carbonyl (C=O) groups excluding carboxylic acids is 1. The SMILES string of the molecule is COc1ccc(OCC(=O)Nc2ccc3[nH]c(C)cc(=O)c3c2)cc1. The van der Waals surface area contributed by atoms with E-state index in [1.54, 1.807) is 49.6 Å². The van der Waals surface area contributed by atoms with Crippen molar-refractivity contribution in [2.45, 2.75) is 6.92 Å². The fourth-order valence-electron chi connectivity index (χ4n) is 2.48. The minimum Gasteiger partial charge on any atom is -0.497 e. The largest absolute Gasteiger partial charge is 0.497 e. The van der Waals surface area contributed by atoms with Crippen molar-refractivity contribution in [1.82, 2.24) is 4.98 Å². The maximum atomic E-state index is 12.0. The molecule has 2 N–H and O–H groups in total. The number of carbonyl (C=O) groups is 1. The number of methoxy groups -OCH3 is 1. The molecule has 3 aromatic rings. The van der Waals surface area contributed by atoms with Gasteiger partial charge in [-0.15, -0.1) is 0 Å². The van der Waals surface area contributed by atoms with E-state index in [1.165, 1.54) is 6.07 Å². The van der Waals surface area contributed by atoms with Crippen LogP contribution in [0.1, 0.15) is 5.69 Å². The third kappa shape index (κ3) is 3.98. The van der Waals surface area contributed by atoms with Gasteiger partial charge in [0.05, 0.1) is 7.11 Å². The second-order valence-corrected chi connectivity index (χ2v) is 5.59. The molecule has 25 heavy (non-hydrogen) atoms. The van der Waals surface area contributed by atoms with Crippen LogP contribution < -0.4 is 20.2 Å². The second kappa shape index (κ2) is 7.09. The van der Waals surface area contributed by atoms with E-state index in [2.05, 4.69) is 10.3 Å². The lowest BCUT2D eigenvalue weighted by molar-refractivity contribution is -0.118. The smallest absolute Gasteiger partial charge is 0.262 e. The van der Waals surface area contributed by atoms with E-state index < -0.39 is 0 Å². The number of benzene rings is 2. The lowest BCUT2D eigenvalue weighted by atomic mass is 10.1. The van der Waals surface area contributed by atoms with Crippen molar-refractivity contribution < 1.29 is 14.3 Å². The van der Waals surface area contributed by atoms with Crippen LogP contribution in [0.25, 0.3) is 10.9 Å². The summed E-state index contributed by atoms with van der Waals surface area (Å²) in [5.41, 5.74) is 1.99. The van der Waals surface area contributed by atoms with Gasteiger partial charge in [-0.2, -0.15) is 0 Å². The second-order valence-electron chi connectivity index (χ2n) is 5.59. The summed E-state index contributed by atoms with van der Waals surface area (Å²) in [6.07, 6.45) is 0. The van der Waals surface area contributed by atoms with Gasteiger partial charge in [-0.3, -0.25) is 9.59 Å². The Kier molecular flexibility index (Phi) is 4.70. The van der Waals surface area contributed by atoms with Crippen LogP contribution in [0, 0.1) is 6.92 Å². The third-order valence-corrected chi connectivity index (χ3v) is 3.68. The van der Waals surface area contributed by atoms with Crippen LogP contribution in [-0.2, 0) is 4.79 Å². The molecule has 3 rings (SSSR count). The van der Waals surface area contributed by atoms with Crippen LogP contribution >= 0.6 is 0 Å². The molecule has 0 aliphatic rings. The molecule has 0 radical (unpaired) electrons. The van der Waals surface area contributed by atoms with Crippen molar-refractivity contribution in [2.75, 3.05) is 19.0 Å². The Morgan fingerprint density at radius 2 is 1.80 bits per heavy atom. The average molecular weight is 338 g/mol. The fraction of sp³-hybridized carbons (Fsp3) is 0.158. The van der Waals surface area contributed by atoms with Crippen molar-refractivity contribution in [3.8, 4) is 11.5 Å². The van der Waals surface area contributed by atoms with Gasteiger partial charge in [-0.1, -0.05) is 0 Å². The Labute approximate surface area is 144 Å². The van der Waals surface area contributed by atoms with Crippen molar-refractivity contribution in [1.29, 1.82) is 0 Å². The van der Waals surface area contributed by atoms with Crippen LogP contribution in [0.3, 0.4) is 0 Å². The Balaban J connectivity index is 1.66. The number of rotatable bonds is 5. The maximum Gasteiger partial charge on any atom is 0.262 e. The molecule has 1 aromatic heterocycles. The highest BCUT2D eigenvalue weighted by Crippen LogP contribution is 2.18. The number of ether oxygens (including phenoxy) is 2. The number of nitrogens with one attached hydrogen (secondary N) is 2. The van der Waals surface area contributed by atoms with Gasteiger partial charge in [0.2, 0.25) is 0 Å². The molecule has 0 saturated heterocycles. The van der Waals surface area contributed by atoms with Gasteiger partial charge in [0.1, 0.15) is 11.5 Å². The third-order valence-electron chi connectivity index (χ3n) is 3.68. The quantitative estimate of drug-likeness (QED) is 0.750.